The van der Waals surface area contributed by atoms with E-state index in [1.54, 1.807) is 29.3 Å². The van der Waals surface area contributed by atoms with Crippen LogP contribution in [-0.4, -0.2) is 33.9 Å². The van der Waals surface area contributed by atoms with Crippen molar-refractivity contribution in [3.05, 3.63) is 83.6 Å². The summed E-state index contributed by atoms with van der Waals surface area (Å²) >= 11 is 0. The zero-order chi connectivity index (χ0) is 22.7. The van der Waals surface area contributed by atoms with Crippen molar-refractivity contribution in [2.24, 2.45) is 0 Å². The van der Waals surface area contributed by atoms with Crippen LogP contribution in [0.2, 0.25) is 0 Å². The molecule has 1 amide bonds. The van der Waals surface area contributed by atoms with E-state index in [4.69, 9.17) is 0 Å². The number of halogens is 4. The van der Waals surface area contributed by atoms with Gasteiger partial charge in [0.25, 0.3) is 0 Å². The van der Waals surface area contributed by atoms with E-state index in [0.717, 1.165) is 17.7 Å². The van der Waals surface area contributed by atoms with Crippen LogP contribution in [0.1, 0.15) is 35.6 Å². The molecule has 1 aliphatic rings. The minimum Gasteiger partial charge on any atom is -0.342 e. The summed E-state index contributed by atoms with van der Waals surface area (Å²) in [6, 6.07) is 10.9. The predicted molar refractivity (Wildman–Crippen MR) is 111 cm³/mol. The van der Waals surface area contributed by atoms with E-state index < -0.39 is 11.7 Å². The molecule has 166 valence electrons. The molecular weight excluding hydrogens is 422 g/mol. The lowest BCUT2D eigenvalue weighted by Crippen LogP contribution is -2.39. The smallest absolute Gasteiger partial charge is 0.342 e. The number of nitrogens with zero attached hydrogens (tertiary/aromatic N) is 3. The van der Waals surface area contributed by atoms with Crippen molar-refractivity contribution in [1.29, 1.82) is 0 Å². The van der Waals surface area contributed by atoms with Crippen molar-refractivity contribution in [2.45, 2.75) is 31.4 Å². The predicted octanol–water partition coefficient (Wildman–Crippen LogP) is 5.25. The Bertz CT molecular complexity index is 1090. The average Bonchev–Trinajstić information content (AvgIpc) is 2.80. The molecule has 4 rings (SSSR count). The van der Waals surface area contributed by atoms with Gasteiger partial charge in [-0.05, 0) is 42.7 Å². The van der Waals surface area contributed by atoms with E-state index in [1.807, 2.05) is 0 Å². The van der Waals surface area contributed by atoms with Gasteiger partial charge in [-0.3, -0.25) is 9.78 Å². The van der Waals surface area contributed by atoms with Crippen LogP contribution in [0, 0.1) is 5.82 Å². The Morgan fingerprint density at radius 1 is 1.03 bits per heavy atom. The number of benzene rings is 2. The maximum Gasteiger partial charge on any atom is 0.416 e. The SMILES string of the molecule is O=C(Cc1ccc(F)cc1)N1CCC(c2cncc(-c3cccc(C(F)(F)F)c3)n2)CC1. The zero-order valence-electron chi connectivity index (χ0n) is 17.1. The number of piperidine rings is 1. The van der Waals surface area contributed by atoms with E-state index in [1.165, 1.54) is 24.4 Å². The van der Waals surface area contributed by atoms with Gasteiger partial charge < -0.3 is 4.90 Å². The van der Waals surface area contributed by atoms with Crippen LogP contribution in [0.15, 0.2) is 60.9 Å². The van der Waals surface area contributed by atoms with Crippen LogP contribution in [0.4, 0.5) is 17.6 Å². The number of hydrogen-bond donors (Lipinski definition) is 0. The number of hydrogen-bond acceptors (Lipinski definition) is 3. The Kier molecular flexibility index (Phi) is 6.21. The van der Waals surface area contributed by atoms with Gasteiger partial charge in [0.2, 0.25) is 5.91 Å². The molecule has 0 bridgehead atoms. The molecule has 4 nitrogen and oxygen atoms in total. The number of amides is 1. The van der Waals surface area contributed by atoms with Gasteiger partial charge in [0, 0.05) is 30.8 Å². The standard InChI is InChI=1S/C24H21F4N3O/c25-20-6-4-16(5-7-20)12-23(32)31-10-8-17(9-11-31)21-14-29-15-22(30-21)18-2-1-3-19(13-18)24(26,27)28/h1-7,13-15,17H,8-12H2. The zero-order valence-corrected chi connectivity index (χ0v) is 17.1. The van der Waals surface area contributed by atoms with Crippen molar-refractivity contribution in [3.63, 3.8) is 0 Å². The van der Waals surface area contributed by atoms with Crippen LogP contribution in [0.25, 0.3) is 11.3 Å². The maximum absolute atomic E-state index is 13.0. The first kappa shape index (κ1) is 21.9. The van der Waals surface area contributed by atoms with Crippen molar-refractivity contribution in [2.75, 3.05) is 13.1 Å². The summed E-state index contributed by atoms with van der Waals surface area (Å²) in [6.07, 6.45) is 0.272. The lowest BCUT2D eigenvalue weighted by molar-refractivity contribution is -0.137. The summed E-state index contributed by atoms with van der Waals surface area (Å²) in [5.41, 5.74) is 1.50. The van der Waals surface area contributed by atoms with E-state index in [0.29, 0.717) is 42.9 Å². The fourth-order valence-corrected chi connectivity index (χ4v) is 3.89. The molecule has 32 heavy (non-hydrogen) atoms. The van der Waals surface area contributed by atoms with E-state index in [9.17, 15) is 22.4 Å². The third kappa shape index (κ3) is 5.12. The largest absolute Gasteiger partial charge is 0.416 e. The van der Waals surface area contributed by atoms with E-state index in [2.05, 4.69) is 9.97 Å². The number of likely N-dealkylation sites (tertiary alicyclic amines) is 1. The highest BCUT2D eigenvalue weighted by Crippen LogP contribution is 2.32. The Morgan fingerprint density at radius 3 is 2.44 bits per heavy atom. The molecular formula is C24H21F4N3O. The number of carbonyl (C=O) groups is 1. The summed E-state index contributed by atoms with van der Waals surface area (Å²) in [6.45, 7) is 1.11. The van der Waals surface area contributed by atoms with Gasteiger partial charge in [0.1, 0.15) is 5.82 Å². The molecule has 0 N–H and O–H groups in total. The van der Waals surface area contributed by atoms with Gasteiger partial charge in [-0.2, -0.15) is 13.2 Å². The van der Waals surface area contributed by atoms with Gasteiger partial charge in [0.05, 0.1) is 29.6 Å². The van der Waals surface area contributed by atoms with Gasteiger partial charge >= 0.3 is 6.18 Å². The molecule has 0 spiro atoms. The summed E-state index contributed by atoms with van der Waals surface area (Å²) in [5.74, 6) is -0.280. The second kappa shape index (κ2) is 9.06. The third-order valence-corrected chi connectivity index (χ3v) is 5.67. The van der Waals surface area contributed by atoms with E-state index >= 15 is 0 Å². The van der Waals surface area contributed by atoms with Crippen molar-refractivity contribution in [1.82, 2.24) is 14.9 Å². The third-order valence-electron chi connectivity index (χ3n) is 5.67. The Hall–Kier alpha value is -3.29. The molecule has 2 heterocycles. The normalized spacial score (nSPS) is 15.1. The quantitative estimate of drug-likeness (QED) is 0.518. The Labute approximate surface area is 182 Å². The van der Waals surface area contributed by atoms with Crippen molar-refractivity contribution >= 4 is 5.91 Å². The maximum atomic E-state index is 13.0. The minimum absolute atomic E-state index is 0.0149. The fraction of sp³-hybridized carbons (Fsp3) is 0.292. The first-order valence-corrected chi connectivity index (χ1v) is 10.3. The molecule has 1 saturated heterocycles. The van der Waals surface area contributed by atoms with Crippen LogP contribution >= 0.6 is 0 Å². The molecule has 0 atom stereocenters. The second-order valence-electron chi connectivity index (χ2n) is 7.87. The first-order valence-electron chi connectivity index (χ1n) is 10.3. The average molecular weight is 443 g/mol. The van der Waals surface area contributed by atoms with Gasteiger partial charge in [0.15, 0.2) is 0 Å². The molecule has 1 fully saturated rings. The monoisotopic (exact) mass is 443 g/mol. The fourth-order valence-electron chi connectivity index (χ4n) is 3.89. The summed E-state index contributed by atoms with van der Waals surface area (Å²) in [7, 11) is 0. The molecule has 1 aliphatic heterocycles. The molecule has 3 aromatic rings. The highest BCUT2D eigenvalue weighted by molar-refractivity contribution is 5.78. The molecule has 2 aromatic carbocycles. The summed E-state index contributed by atoms with van der Waals surface area (Å²) in [5, 5.41) is 0. The number of alkyl halides is 3. The van der Waals surface area contributed by atoms with Gasteiger partial charge in [-0.25, -0.2) is 9.37 Å². The molecule has 1 aromatic heterocycles. The summed E-state index contributed by atoms with van der Waals surface area (Å²) < 4.78 is 52.1. The van der Waals surface area contributed by atoms with E-state index in [-0.39, 0.29) is 24.1 Å². The lowest BCUT2D eigenvalue weighted by Gasteiger charge is -2.32. The highest BCUT2D eigenvalue weighted by atomic mass is 19.4. The topological polar surface area (TPSA) is 46.1 Å². The molecule has 0 aliphatic carbocycles. The molecule has 0 unspecified atom stereocenters. The van der Waals surface area contributed by atoms with Crippen LogP contribution in [0.3, 0.4) is 0 Å². The second-order valence-corrected chi connectivity index (χ2v) is 7.87. The number of aromatic nitrogens is 2. The van der Waals surface area contributed by atoms with Gasteiger partial charge in [-0.1, -0.05) is 24.3 Å². The molecule has 0 saturated carbocycles. The summed E-state index contributed by atoms with van der Waals surface area (Å²) in [4.78, 5) is 23.1. The Balaban J connectivity index is 1.41. The van der Waals surface area contributed by atoms with Crippen LogP contribution < -0.4 is 0 Å². The highest BCUT2D eigenvalue weighted by Gasteiger charge is 2.31. The van der Waals surface area contributed by atoms with Crippen molar-refractivity contribution in [3.8, 4) is 11.3 Å². The molecule has 8 heteroatoms. The number of rotatable bonds is 4. The van der Waals surface area contributed by atoms with Crippen molar-refractivity contribution < 1.29 is 22.4 Å². The Morgan fingerprint density at radius 2 is 1.75 bits per heavy atom. The minimum atomic E-state index is -4.42. The number of carbonyl (C=O) groups excluding carboxylic acids is 1. The van der Waals surface area contributed by atoms with Crippen LogP contribution in [-0.2, 0) is 17.4 Å². The first-order chi connectivity index (χ1) is 15.3. The van der Waals surface area contributed by atoms with Crippen LogP contribution in [0.5, 0.6) is 0 Å². The molecule has 0 radical (unpaired) electrons. The van der Waals surface area contributed by atoms with Gasteiger partial charge in [-0.15, -0.1) is 0 Å². The lowest BCUT2D eigenvalue weighted by atomic mass is 9.93.